The highest BCUT2D eigenvalue weighted by atomic mass is 32.2. The molecule has 0 aliphatic heterocycles. The van der Waals surface area contributed by atoms with Gasteiger partial charge in [0.15, 0.2) is 0 Å². The minimum absolute atomic E-state index is 0.0980. The minimum Gasteiger partial charge on any atom is -0.351 e. The van der Waals surface area contributed by atoms with Crippen molar-refractivity contribution in [1.29, 1.82) is 0 Å². The number of nitrogens with one attached hydrogen (secondary N) is 2. The maximum atomic E-state index is 12.5. The first-order valence-corrected chi connectivity index (χ1v) is 10.4. The van der Waals surface area contributed by atoms with E-state index in [4.69, 9.17) is 4.52 Å². The Morgan fingerprint density at radius 2 is 1.96 bits per heavy atom. The summed E-state index contributed by atoms with van der Waals surface area (Å²) in [5, 5.41) is 6.47. The van der Waals surface area contributed by atoms with Crippen LogP contribution in [0.1, 0.15) is 16.3 Å². The molecule has 0 aliphatic rings. The molecule has 0 saturated carbocycles. The second-order valence-corrected chi connectivity index (χ2v) is 8.75. The third kappa shape index (κ3) is 4.79. The molecular weight excluding hydrogens is 388 g/mol. The zero-order valence-corrected chi connectivity index (χ0v) is 16.4. The van der Waals surface area contributed by atoms with E-state index < -0.39 is 15.9 Å². The fourth-order valence-corrected chi connectivity index (χ4v) is 4.84. The van der Waals surface area contributed by atoms with Crippen LogP contribution < -0.4 is 10.0 Å². The van der Waals surface area contributed by atoms with Crippen LogP contribution in [0, 0.1) is 13.8 Å². The quantitative estimate of drug-likeness (QED) is 0.620. The van der Waals surface area contributed by atoms with Crippen molar-refractivity contribution in [2.45, 2.75) is 25.3 Å². The molecule has 0 aliphatic carbocycles. The van der Waals surface area contributed by atoms with Gasteiger partial charge in [0.2, 0.25) is 27.6 Å². The lowest BCUT2D eigenvalue weighted by atomic mass is 10.2. The van der Waals surface area contributed by atoms with Crippen LogP contribution >= 0.6 is 11.3 Å². The monoisotopic (exact) mass is 406 g/mol. The molecule has 10 heteroatoms. The third-order valence-corrected chi connectivity index (χ3v) is 6.37. The van der Waals surface area contributed by atoms with Gasteiger partial charge in [-0.05, 0) is 18.6 Å². The average Bonchev–Trinajstić information content (AvgIpc) is 3.25. The van der Waals surface area contributed by atoms with Gasteiger partial charge in [0, 0.05) is 18.3 Å². The van der Waals surface area contributed by atoms with E-state index in [1.807, 2.05) is 30.3 Å². The summed E-state index contributed by atoms with van der Waals surface area (Å²) in [6, 6.07) is 10.8. The predicted molar refractivity (Wildman–Crippen MR) is 101 cm³/mol. The van der Waals surface area contributed by atoms with Crippen molar-refractivity contribution in [3.63, 3.8) is 0 Å². The number of nitrogens with zero attached hydrogens (tertiary/aromatic N) is 2. The number of amides is 1. The van der Waals surface area contributed by atoms with Gasteiger partial charge in [0.05, 0.1) is 16.3 Å². The van der Waals surface area contributed by atoms with Crippen molar-refractivity contribution in [2.24, 2.45) is 0 Å². The first-order chi connectivity index (χ1) is 12.8. The normalized spacial score (nSPS) is 11.5. The van der Waals surface area contributed by atoms with Crippen LogP contribution in [0.25, 0.3) is 10.7 Å². The molecule has 1 amide bonds. The summed E-state index contributed by atoms with van der Waals surface area (Å²) in [6.07, 6.45) is 0. The Morgan fingerprint density at radius 3 is 2.63 bits per heavy atom. The molecule has 0 bridgehead atoms. The summed E-state index contributed by atoms with van der Waals surface area (Å²) < 4.78 is 32.3. The van der Waals surface area contributed by atoms with Crippen molar-refractivity contribution in [1.82, 2.24) is 20.2 Å². The van der Waals surface area contributed by atoms with E-state index in [1.54, 1.807) is 13.8 Å². The molecular formula is C17H18N4O4S2. The Morgan fingerprint density at radius 1 is 1.22 bits per heavy atom. The number of aryl methyl sites for hydroxylation is 2. The summed E-state index contributed by atoms with van der Waals surface area (Å²) in [5.74, 6) is 0.320. The highest BCUT2D eigenvalue weighted by Gasteiger charge is 2.22. The Bertz CT molecular complexity index is 1040. The van der Waals surface area contributed by atoms with E-state index >= 15 is 0 Å². The Hall–Kier alpha value is -2.56. The van der Waals surface area contributed by atoms with E-state index in [-0.39, 0.29) is 11.4 Å². The van der Waals surface area contributed by atoms with Crippen LogP contribution in [0.4, 0.5) is 0 Å². The van der Waals surface area contributed by atoms with Crippen LogP contribution in [0.5, 0.6) is 0 Å². The molecule has 3 rings (SSSR count). The van der Waals surface area contributed by atoms with Gasteiger partial charge in [-0.15, -0.1) is 11.3 Å². The van der Waals surface area contributed by atoms with Gasteiger partial charge in [-0.2, -0.15) is 4.98 Å². The molecule has 8 nitrogen and oxygen atoms in total. The zero-order valence-electron chi connectivity index (χ0n) is 14.7. The van der Waals surface area contributed by atoms with Crippen molar-refractivity contribution >= 4 is 27.3 Å². The smallest absolute Gasteiger partial charge is 0.242 e. The van der Waals surface area contributed by atoms with Crippen LogP contribution in [-0.4, -0.2) is 31.0 Å². The number of sulfonamides is 1. The van der Waals surface area contributed by atoms with Crippen molar-refractivity contribution in [3.05, 3.63) is 52.7 Å². The third-order valence-electron chi connectivity index (χ3n) is 3.66. The number of hydrogen-bond acceptors (Lipinski definition) is 7. The summed E-state index contributed by atoms with van der Waals surface area (Å²) in [4.78, 5) is 17.3. The number of aromatic nitrogens is 2. The molecule has 0 unspecified atom stereocenters. The fraction of sp³-hybridized carbons (Fsp3) is 0.235. The van der Waals surface area contributed by atoms with E-state index in [1.165, 1.54) is 17.4 Å². The number of benzene rings is 1. The molecule has 1 aromatic carbocycles. The van der Waals surface area contributed by atoms with Gasteiger partial charge in [-0.1, -0.05) is 35.5 Å². The summed E-state index contributed by atoms with van der Waals surface area (Å²) in [5.41, 5.74) is 0.933. The molecule has 0 fully saturated rings. The van der Waals surface area contributed by atoms with Gasteiger partial charge in [-0.25, -0.2) is 13.1 Å². The highest BCUT2D eigenvalue weighted by molar-refractivity contribution is 7.89. The van der Waals surface area contributed by atoms with Gasteiger partial charge in [-0.3, -0.25) is 4.79 Å². The van der Waals surface area contributed by atoms with E-state index in [9.17, 15) is 13.2 Å². The maximum Gasteiger partial charge on any atom is 0.242 e. The number of hydrogen-bond donors (Lipinski definition) is 2. The van der Waals surface area contributed by atoms with Crippen LogP contribution in [-0.2, 0) is 21.4 Å². The molecule has 0 radical (unpaired) electrons. The van der Waals surface area contributed by atoms with Gasteiger partial charge in [0.1, 0.15) is 0 Å². The van der Waals surface area contributed by atoms with Gasteiger partial charge >= 0.3 is 0 Å². The molecule has 27 heavy (non-hydrogen) atoms. The summed E-state index contributed by atoms with van der Waals surface area (Å²) in [6.45, 7) is 3.33. The van der Waals surface area contributed by atoms with E-state index in [0.717, 1.165) is 5.56 Å². The first-order valence-electron chi connectivity index (χ1n) is 8.06. The lowest BCUT2D eigenvalue weighted by Crippen LogP contribution is -2.36. The van der Waals surface area contributed by atoms with Crippen molar-refractivity contribution in [2.75, 3.05) is 6.54 Å². The van der Waals surface area contributed by atoms with Crippen molar-refractivity contribution in [3.8, 4) is 10.7 Å². The molecule has 0 atom stereocenters. The minimum atomic E-state index is -3.84. The highest BCUT2D eigenvalue weighted by Crippen LogP contribution is 2.31. The second-order valence-electron chi connectivity index (χ2n) is 5.75. The van der Waals surface area contributed by atoms with Crippen LogP contribution in [0.3, 0.4) is 0 Å². The average molecular weight is 406 g/mol. The number of rotatable bonds is 7. The lowest BCUT2D eigenvalue weighted by Gasteiger charge is -2.07. The van der Waals surface area contributed by atoms with E-state index in [2.05, 4.69) is 20.2 Å². The summed E-state index contributed by atoms with van der Waals surface area (Å²) in [7, 11) is -3.84. The van der Waals surface area contributed by atoms with Gasteiger partial charge in [0.25, 0.3) is 0 Å². The number of carbonyl (C=O) groups is 1. The Labute approximate surface area is 160 Å². The number of thiophene rings is 1. The largest absolute Gasteiger partial charge is 0.351 e. The SMILES string of the molecule is Cc1nc(-c2cc(S(=O)(=O)NCC(=O)NCc3ccccc3)c(C)s2)no1. The maximum absolute atomic E-state index is 12.5. The topological polar surface area (TPSA) is 114 Å². The molecule has 3 aromatic rings. The van der Waals surface area contributed by atoms with Crippen LogP contribution in [0.2, 0.25) is 0 Å². The number of carbonyl (C=O) groups excluding carboxylic acids is 1. The molecule has 0 saturated heterocycles. The predicted octanol–water partition coefficient (Wildman–Crippen LogP) is 2.01. The Kier molecular flexibility index (Phi) is 5.68. The van der Waals surface area contributed by atoms with Crippen LogP contribution in [0.15, 0.2) is 45.8 Å². The zero-order chi connectivity index (χ0) is 19.4. The molecule has 2 heterocycles. The van der Waals surface area contributed by atoms with E-state index in [0.29, 0.717) is 28.0 Å². The second kappa shape index (κ2) is 7.99. The van der Waals surface area contributed by atoms with Crippen molar-refractivity contribution < 1.29 is 17.7 Å². The standard InChI is InChI=1S/C17H18N4O4S2/c1-11-15(8-14(26-11)17-20-12(2)25-21-17)27(23,24)19-10-16(22)18-9-13-6-4-3-5-7-13/h3-8,19H,9-10H2,1-2H3,(H,18,22). The molecule has 2 aromatic heterocycles. The first kappa shape index (κ1) is 19.2. The summed E-state index contributed by atoms with van der Waals surface area (Å²) >= 11 is 1.24. The molecule has 2 N–H and O–H groups in total. The molecule has 0 spiro atoms. The Balaban J connectivity index is 1.63. The van der Waals surface area contributed by atoms with Gasteiger partial charge < -0.3 is 9.84 Å². The molecule has 142 valence electrons. The fourth-order valence-electron chi connectivity index (χ4n) is 2.34. The lowest BCUT2D eigenvalue weighted by molar-refractivity contribution is -0.120.